The lowest BCUT2D eigenvalue weighted by atomic mass is 9.93. The van der Waals surface area contributed by atoms with E-state index in [0.717, 1.165) is 43.3 Å². The summed E-state index contributed by atoms with van der Waals surface area (Å²) in [6.07, 6.45) is 5.91. The summed E-state index contributed by atoms with van der Waals surface area (Å²) in [4.78, 5) is 22.3. The fraction of sp³-hybridized carbons (Fsp3) is 0.476. The predicted octanol–water partition coefficient (Wildman–Crippen LogP) is 2.86. The summed E-state index contributed by atoms with van der Waals surface area (Å²) < 4.78 is 16.3. The van der Waals surface area contributed by atoms with Crippen molar-refractivity contribution in [3.63, 3.8) is 0 Å². The molecule has 2 aromatic rings. The van der Waals surface area contributed by atoms with E-state index in [1.165, 1.54) is 0 Å². The molecule has 0 bridgehead atoms. The Morgan fingerprint density at radius 2 is 2.07 bits per heavy atom. The second-order valence-corrected chi connectivity index (χ2v) is 7.34. The first-order chi connectivity index (χ1) is 14.0. The van der Waals surface area contributed by atoms with Crippen molar-refractivity contribution in [2.75, 3.05) is 27.2 Å². The van der Waals surface area contributed by atoms with Crippen LogP contribution in [0, 0.1) is 18.7 Å². The Morgan fingerprint density at radius 3 is 2.63 bits per heavy atom. The maximum absolute atomic E-state index is 14.6. The van der Waals surface area contributed by atoms with Crippen molar-refractivity contribution in [2.45, 2.75) is 32.7 Å². The van der Waals surface area contributed by atoms with Gasteiger partial charge in [0.25, 0.3) is 0 Å². The molecule has 3 rings (SSSR count). The molecule has 7 nitrogen and oxygen atoms in total. The normalized spacial score (nSPS) is 14.9. The summed E-state index contributed by atoms with van der Waals surface area (Å²) in [6, 6.07) is 5.23. The van der Waals surface area contributed by atoms with Gasteiger partial charge in [0.2, 0.25) is 5.91 Å². The minimum absolute atomic E-state index is 0. The number of halogens is 2. The molecule has 2 heterocycles. The quantitative estimate of drug-likeness (QED) is 0.356. The zero-order valence-electron chi connectivity index (χ0n) is 17.7. The first kappa shape index (κ1) is 24.1. The van der Waals surface area contributed by atoms with Crippen LogP contribution in [0.5, 0.6) is 0 Å². The molecule has 1 amide bonds. The molecule has 164 valence electrons. The number of carbonyl (C=O) groups is 1. The van der Waals surface area contributed by atoms with E-state index in [9.17, 15) is 9.18 Å². The highest BCUT2D eigenvalue weighted by Crippen LogP contribution is 2.21. The van der Waals surface area contributed by atoms with E-state index in [-0.39, 0.29) is 35.7 Å². The predicted molar refractivity (Wildman–Crippen MR) is 127 cm³/mol. The van der Waals surface area contributed by atoms with Crippen LogP contribution < -0.4 is 10.6 Å². The van der Waals surface area contributed by atoms with Crippen LogP contribution >= 0.6 is 24.0 Å². The number of nitrogens with zero attached hydrogens (tertiary/aromatic N) is 4. The summed E-state index contributed by atoms with van der Waals surface area (Å²) in [6.45, 7) is 4.05. The number of rotatable bonds is 5. The molecule has 0 aliphatic carbocycles. The molecule has 1 aromatic heterocycles. The SMILES string of the molecule is CN=C(NCc1ccc(-n2ccnc2C)c(F)c1)N1CCC(CC(=O)NC)CC1.I. The Bertz CT molecular complexity index is 876. The lowest BCUT2D eigenvalue weighted by Gasteiger charge is -2.34. The molecule has 1 fully saturated rings. The Labute approximate surface area is 194 Å². The van der Waals surface area contributed by atoms with Gasteiger partial charge in [0.15, 0.2) is 5.96 Å². The molecule has 9 heteroatoms. The third kappa shape index (κ3) is 5.93. The fourth-order valence-electron chi connectivity index (χ4n) is 3.71. The van der Waals surface area contributed by atoms with Gasteiger partial charge in [-0.15, -0.1) is 24.0 Å². The van der Waals surface area contributed by atoms with Gasteiger partial charge in [-0.2, -0.15) is 0 Å². The number of likely N-dealkylation sites (tertiary alicyclic amines) is 1. The zero-order valence-corrected chi connectivity index (χ0v) is 20.0. The number of carbonyl (C=O) groups excluding carboxylic acids is 1. The lowest BCUT2D eigenvalue weighted by Crippen LogP contribution is -2.45. The van der Waals surface area contributed by atoms with E-state index in [0.29, 0.717) is 24.6 Å². The molecular formula is C21H30FIN6O. The summed E-state index contributed by atoms with van der Waals surface area (Å²) in [7, 11) is 3.43. The van der Waals surface area contributed by atoms with Crippen molar-refractivity contribution in [1.29, 1.82) is 0 Å². The highest BCUT2D eigenvalue weighted by atomic mass is 127. The highest BCUT2D eigenvalue weighted by Gasteiger charge is 2.23. The number of amides is 1. The number of hydrogen-bond acceptors (Lipinski definition) is 3. The topological polar surface area (TPSA) is 74.5 Å². The minimum atomic E-state index is -0.282. The molecule has 0 atom stereocenters. The lowest BCUT2D eigenvalue weighted by molar-refractivity contribution is -0.121. The molecule has 1 aliphatic rings. The Hall–Kier alpha value is -2.17. The minimum Gasteiger partial charge on any atom is -0.359 e. The molecule has 0 saturated carbocycles. The molecule has 0 radical (unpaired) electrons. The van der Waals surface area contributed by atoms with E-state index < -0.39 is 0 Å². The van der Waals surface area contributed by atoms with Crippen LogP contribution in [0.1, 0.15) is 30.7 Å². The van der Waals surface area contributed by atoms with Gasteiger partial charge in [0.05, 0.1) is 5.69 Å². The monoisotopic (exact) mass is 528 g/mol. The van der Waals surface area contributed by atoms with Gasteiger partial charge >= 0.3 is 0 Å². The number of nitrogens with one attached hydrogen (secondary N) is 2. The summed E-state index contributed by atoms with van der Waals surface area (Å²) >= 11 is 0. The van der Waals surface area contributed by atoms with E-state index in [1.807, 2.05) is 13.0 Å². The maximum Gasteiger partial charge on any atom is 0.220 e. The number of aryl methyl sites for hydroxylation is 1. The van der Waals surface area contributed by atoms with Crippen molar-refractivity contribution in [3.05, 3.63) is 47.8 Å². The molecule has 1 aromatic carbocycles. The largest absolute Gasteiger partial charge is 0.359 e. The van der Waals surface area contributed by atoms with Gasteiger partial charge in [-0.1, -0.05) is 6.07 Å². The van der Waals surface area contributed by atoms with Gasteiger partial charge in [-0.05, 0) is 43.4 Å². The van der Waals surface area contributed by atoms with Crippen molar-refractivity contribution < 1.29 is 9.18 Å². The number of hydrogen-bond donors (Lipinski definition) is 2. The third-order valence-electron chi connectivity index (χ3n) is 5.43. The van der Waals surface area contributed by atoms with Crippen LogP contribution in [0.2, 0.25) is 0 Å². The van der Waals surface area contributed by atoms with E-state index >= 15 is 0 Å². The average molecular weight is 528 g/mol. The number of aromatic nitrogens is 2. The van der Waals surface area contributed by atoms with Crippen LogP contribution in [0.3, 0.4) is 0 Å². The molecular weight excluding hydrogens is 498 g/mol. The second-order valence-electron chi connectivity index (χ2n) is 7.34. The van der Waals surface area contributed by atoms with Crippen LogP contribution in [0.25, 0.3) is 5.69 Å². The first-order valence-corrected chi connectivity index (χ1v) is 9.96. The van der Waals surface area contributed by atoms with Crippen molar-refractivity contribution >= 4 is 35.8 Å². The van der Waals surface area contributed by atoms with Crippen LogP contribution in [-0.2, 0) is 11.3 Å². The molecule has 2 N–H and O–H groups in total. The Kier molecular flexibility index (Phi) is 9.07. The van der Waals surface area contributed by atoms with Gasteiger partial charge in [0, 0.05) is 52.5 Å². The number of aliphatic imine (C=N–C) groups is 1. The Morgan fingerprint density at radius 1 is 1.33 bits per heavy atom. The summed E-state index contributed by atoms with van der Waals surface area (Å²) in [5.41, 5.74) is 1.34. The van der Waals surface area contributed by atoms with Crippen LogP contribution in [-0.4, -0.2) is 53.5 Å². The van der Waals surface area contributed by atoms with E-state index in [2.05, 4.69) is 25.5 Å². The number of imidazole rings is 1. The molecule has 1 aliphatic heterocycles. The second kappa shape index (κ2) is 11.3. The number of benzene rings is 1. The highest BCUT2D eigenvalue weighted by molar-refractivity contribution is 14.0. The number of guanidine groups is 1. The van der Waals surface area contributed by atoms with Crippen LogP contribution in [0.4, 0.5) is 4.39 Å². The van der Waals surface area contributed by atoms with E-state index in [1.54, 1.807) is 43.2 Å². The first-order valence-electron chi connectivity index (χ1n) is 9.96. The van der Waals surface area contributed by atoms with Gasteiger partial charge in [0.1, 0.15) is 11.6 Å². The fourth-order valence-corrected chi connectivity index (χ4v) is 3.71. The number of piperidine rings is 1. The third-order valence-corrected chi connectivity index (χ3v) is 5.43. The average Bonchev–Trinajstić information content (AvgIpc) is 3.15. The smallest absolute Gasteiger partial charge is 0.220 e. The molecule has 0 spiro atoms. The van der Waals surface area contributed by atoms with Gasteiger partial charge < -0.3 is 20.1 Å². The molecule has 1 saturated heterocycles. The zero-order chi connectivity index (χ0) is 20.8. The summed E-state index contributed by atoms with van der Waals surface area (Å²) in [5.74, 6) is 1.78. The van der Waals surface area contributed by atoms with Crippen molar-refractivity contribution in [2.24, 2.45) is 10.9 Å². The van der Waals surface area contributed by atoms with Crippen molar-refractivity contribution in [3.8, 4) is 5.69 Å². The van der Waals surface area contributed by atoms with Crippen LogP contribution in [0.15, 0.2) is 35.6 Å². The summed E-state index contributed by atoms with van der Waals surface area (Å²) in [5, 5.41) is 6.02. The standard InChI is InChI=1S/C21H29FN6O.HI/c1-15-25-8-11-28(15)19-5-4-17(12-18(19)22)14-26-21(24-3)27-9-6-16(7-10-27)13-20(29)23-2;/h4-5,8,11-12,16H,6-7,9-10,13-14H2,1-3H3,(H,23,29)(H,24,26);1H. The van der Waals surface area contributed by atoms with Gasteiger partial charge in [-0.25, -0.2) is 9.37 Å². The molecule has 0 unspecified atom stereocenters. The maximum atomic E-state index is 14.6. The van der Waals surface area contributed by atoms with Gasteiger partial charge in [-0.3, -0.25) is 9.79 Å². The Balaban J connectivity index is 0.00000320. The molecule has 30 heavy (non-hydrogen) atoms. The van der Waals surface area contributed by atoms with E-state index in [4.69, 9.17) is 0 Å². The van der Waals surface area contributed by atoms with Crippen molar-refractivity contribution in [1.82, 2.24) is 25.1 Å².